The van der Waals surface area contributed by atoms with Crippen LogP contribution in [0.3, 0.4) is 0 Å². The number of aromatic nitrogens is 1. The van der Waals surface area contributed by atoms with E-state index in [-0.39, 0.29) is 0 Å². The lowest BCUT2D eigenvalue weighted by Gasteiger charge is -2.45. The van der Waals surface area contributed by atoms with Crippen LogP contribution in [-0.2, 0) is 14.7 Å². The maximum Gasteiger partial charge on any atom is 0.494 e. The van der Waals surface area contributed by atoms with Crippen LogP contribution in [0.15, 0.2) is 109 Å². The third-order valence-corrected chi connectivity index (χ3v) is 10.1. The quantitative estimate of drug-likeness (QED) is 0.196. The Morgan fingerprint density at radius 2 is 1.17 bits per heavy atom. The molecule has 0 atom stereocenters. The monoisotopic (exact) mass is 547 g/mol. The molecule has 204 valence electrons. The molecular formula is C37H30BNO3. The molecule has 1 saturated heterocycles. The predicted octanol–water partition coefficient (Wildman–Crippen LogP) is 7.88. The zero-order valence-electron chi connectivity index (χ0n) is 24.1. The largest absolute Gasteiger partial charge is 0.494 e. The van der Waals surface area contributed by atoms with E-state index >= 15 is 0 Å². The molecule has 6 aromatic rings. The number of fused-ring (bicyclic) bond motifs is 11. The normalized spacial score (nSPS) is 18.5. The van der Waals surface area contributed by atoms with Crippen LogP contribution < -0.4 is 10.2 Å². The van der Waals surface area contributed by atoms with Gasteiger partial charge in [0.15, 0.2) is 0 Å². The second kappa shape index (κ2) is 7.94. The fourth-order valence-electron chi connectivity index (χ4n) is 7.47. The van der Waals surface area contributed by atoms with E-state index < -0.39 is 23.7 Å². The molecule has 0 saturated carbocycles. The third kappa shape index (κ3) is 2.85. The van der Waals surface area contributed by atoms with Crippen molar-refractivity contribution >= 4 is 34.4 Å². The zero-order valence-corrected chi connectivity index (χ0v) is 24.1. The molecule has 42 heavy (non-hydrogen) atoms. The molecule has 1 spiro atoms. The van der Waals surface area contributed by atoms with Crippen LogP contribution in [0.2, 0.25) is 0 Å². The van der Waals surface area contributed by atoms with Gasteiger partial charge in [-0.15, -0.1) is 0 Å². The van der Waals surface area contributed by atoms with E-state index in [1.165, 1.54) is 32.9 Å². The third-order valence-electron chi connectivity index (χ3n) is 10.1. The maximum absolute atomic E-state index is 6.59. The van der Waals surface area contributed by atoms with Crippen molar-refractivity contribution in [3.05, 3.63) is 131 Å². The van der Waals surface area contributed by atoms with E-state index in [2.05, 4.69) is 141 Å². The van der Waals surface area contributed by atoms with E-state index in [1.54, 1.807) is 0 Å². The summed E-state index contributed by atoms with van der Waals surface area (Å²) in [5.74, 6) is 1.76. The van der Waals surface area contributed by atoms with Gasteiger partial charge in [-0.3, -0.25) is 0 Å². The van der Waals surface area contributed by atoms with Crippen molar-refractivity contribution in [2.75, 3.05) is 0 Å². The van der Waals surface area contributed by atoms with Gasteiger partial charge in [0.2, 0.25) is 0 Å². The molecule has 5 aromatic carbocycles. The highest BCUT2D eigenvalue weighted by Gasteiger charge is 2.54. The van der Waals surface area contributed by atoms with E-state index in [0.29, 0.717) is 0 Å². The van der Waals surface area contributed by atoms with Crippen LogP contribution in [0.4, 0.5) is 0 Å². The first-order valence-corrected chi connectivity index (χ1v) is 14.7. The van der Waals surface area contributed by atoms with Gasteiger partial charge in [-0.25, -0.2) is 0 Å². The van der Waals surface area contributed by atoms with Crippen molar-refractivity contribution in [2.45, 2.75) is 44.3 Å². The molecule has 3 aliphatic rings. The van der Waals surface area contributed by atoms with Gasteiger partial charge in [-0.2, -0.15) is 0 Å². The van der Waals surface area contributed by atoms with Crippen LogP contribution in [0.25, 0.3) is 27.5 Å². The van der Waals surface area contributed by atoms with Crippen molar-refractivity contribution in [3.8, 4) is 17.2 Å². The van der Waals surface area contributed by atoms with E-state index in [9.17, 15) is 0 Å². The Morgan fingerprint density at radius 1 is 0.571 bits per heavy atom. The number of para-hydroxylation sites is 4. The molecular weight excluding hydrogens is 517 g/mol. The molecule has 0 unspecified atom stereocenters. The molecule has 4 heterocycles. The summed E-state index contributed by atoms with van der Waals surface area (Å²) in [6.45, 7) is 8.43. The molecule has 0 bridgehead atoms. The predicted molar refractivity (Wildman–Crippen MR) is 168 cm³/mol. The van der Waals surface area contributed by atoms with E-state index in [1.807, 2.05) is 0 Å². The highest BCUT2D eigenvalue weighted by molar-refractivity contribution is 6.62. The van der Waals surface area contributed by atoms with Crippen LogP contribution in [0.1, 0.15) is 49.9 Å². The van der Waals surface area contributed by atoms with Gasteiger partial charge in [0, 0.05) is 21.9 Å². The lowest BCUT2D eigenvalue weighted by molar-refractivity contribution is 0.00578. The van der Waals surface area contributed by atoms with Gasteiger partial charge in [-0.1, -0.05) is 84.9 Å². The lowest BCUT2D eigenvalue weighted by Crippen LogP contribution is -2.41. The summed E-state index contributed by atoms with van der Waals surface area (Å²) in [4.78, 5) is 0. The Labute approximate surface area is 245 Å². The fourth-order valence-corrected chi connectivity index (χ4v) is 7.47. The zero-order chi connectivity index (χ0) is 28.4. The summed E-state index contributed by atoms with van der Waals surface area (Å²) in [5.41, 5.74) is 7.86. The van der Waals surface area contributed by atoms with Gasteiger partial charge in [-0.05, 0) is 68.6 Å². The molecule has 9 rings (SSSR count). The van der Waals surface area contributed by atoms with Crippen LogP contribution in [0, 0.1) is 0 Å². The smallest absolute Gasteiger partial charge is 0.457 e. The number of nitrogens with zero attached hydrogens (tertiary/aromatic N) is 1. The van der Waals surface area contributed by atoms with E-state index in [4.69, 9.17) is 14.0 Å². The number of hydrogen-bond donors (Lipinski definition) is 0. The van der Waals surface area contributed by atoms with Gasteiger partial charge >= 0.3 is 7.12 Å². The summed E-state index contributed by atoms with van der Waals surface area (Å²) < 4.78 is 22.2. The minimum atomic E-state index is -0.607. The highest BCUT2D eigenvalue weighted by atomic mass is 16.7. The van der Waals surface area contributed by atoms with Gasteiger partial charge in [0.05, 0.1) is 33.3 Å². The van der Waals surface area contributed by atoms with Gasteiger partial charge < -0.3 is 18.6 Å². The summed E-state index contributed by atoms with van der Waals surface area (Å²) in [7, 11) is -0.471. The summed E-state index contributed by atoms with van der Waals surface area (Å²) >= 11 is 0. The number of hydrogen-bond acceptors (Lipinski definition) is 3. The first-order valence-electron chi connectivity index (χ1n) is 14.7. The minimum Gasteiger partial charge on any atom is -0.457 e. The molecule has 5 heteroatoms. The van der Waals surface area contributed by atoms with Crippen LogP contribution in [0.5, 0.6) is 11.5 Å². The lowest BCUT2D eigenvalue weighted by atomic mass is 9.60. The molecule has 0 amide bonds. The Morgan fingerprint density at radius 3 is 1.88 bits per heavy atom. The van der Waals surface area contributed by atoms with Crippen molar-refractivity contribution in [1.29, 1.82) is 0 Å². The fraction of sp³-hybridized carbons (Fsp3) is 0.189. The first-order chi connectivity index (χ1) is 20.3. The molecule has 0 radical (unpaired) electrons. The molecule has 0 aliphatic carbocycles. The van der Waals surface area contributed by atoms with Crippen molar-refractivity contribution < 1.29 is 14.0 Å². The number of ether oxygens (including phenoxy) is 1. The molecule has 3 aliphatic heterocycles. The Kier molecular flexibility index (Phi) is 4.60. The van der Waals surface area contributed by atoms with Crippen molar-refractivity contribution in [3.63, 3.8) is 0 Å². The molecule has 0 N–H and O–H groups in total. The summed E-state index contributed by atoms with van der Waals surface area (Å²) in [5, 5.41) is 2.51. The Bertz CT molecular complexity index is 2040. The minimum absolute atomic E-state index is 0.432. The molecule has 1 aromatic heterocycles. The van der Waals surface area contributed by atoms with Gasteiger partial charge in [0.1, 0.15) is 11.5 Å². The number of benzene rings is 5. The van der Waals surface area contributed by atoms with E-state index in [0.717, 1.165) is 33.8 Å². The highest BCUT2D eigenvalue weighted by Crippen LogP contribution is 2.60. The van der Waals surface area contributed by atoms with Gasteiger partial charge in [0.25, 0.3) is 0 Å². The molecule has 1 fully saturated rings. The SMILES string of the molecule is CC1(C)OB(c2ccc3c(c2)C2(c4ccccc4Oc4ccccc42)c2cccc4c5ccccc5n-3c24)OC1(C)C. The second-order valence-corrected chi connectivity index (χ2v) is 12.8. The number of rotatable bonds is 1. The summed E-state index contributed by atoms with van der Waals surface area (Å²) in [6, 6.07) is 39.3. The second-order valence-electron chi connectivity index (χ2n) is 12.8. The van der Waals surface area contributed by atoms with Crippen molar-refractivity contribution in [2.24, 2.45) is 0 Å². The van der Waals surface area contributed by atoms with Crippen LogP contribution >= 0.6 is 0 Å². The Hall–Kier alpha value is -4.32. The standard InChI is InChI=1S/C37H30BNO3/c1-35(2)36(3,4)42-38(41-35)23-20-21-31-29(22-23)37(26-14-6-9-18-32(26)40-33-19-10-7-15-27(33)37)28-16-11-13-25-24-12-5-8-17-30(24)39(31)34(25)28/h5-22H,1-4H3. The van der Waals surface area contributed by atoms with Crippen molar-refractivity contribution in [1.82, 2.24) is 4.57 Å². The topological polar surface area (TPSA) is 32.6 Å². The van der Waals surface area contributed by atoms with Crippen LogP contribution in [-0.4, -0.2) is 22.9 Å². The average molecular weight is 547 g/mol. The average Bonchev–Trinajstić information content (AvgIpc) is 3.45. The summed E-state index contributed by atoms with van der Waals surface area (Å²) in [6.07, 6.45) is 0. The Balaban J connectivity index is 1.46. The maximum atomic E-state index is 6.59. The molecule has 4 nitrogen and oxygen atoms in total. The first kappa shape index (κ1) is 24.3.